The quantitative estimate of drug-likeness (QED) is 0.260. The molecular weight excluding hydrogens is 546 g/mol. The van der Waals surface area contributed by atoms with Crippen molar-refractivity contribution in [1.29, 1.82) is 0 Å². The Bertz CT molecular complexity index is 1440. The van der Waals surface area contributed by atoms with Crippen molar-refractivity contribution in [2.45, 2.75) is 78.9 Å². The van der Waals surface area contributed by atoms with Gasteiger partial charge >= 0.3 is 0 Å². The van der Waals surface area contributed by atoms with Crippen LogP contribution in [0.5, 0.6) is 0 Å². The van der Waals surface area contributed by atoms with Crippen molar-refractivity contribution < 1.29 is 18.0 Å². The topological polar surface area (TPSA) is 86.8 Å². The van der Waals surface area contributed by atoms with Gasteiger partial charge in [-0.15, -0.1) is 0 Å². The standard InChI is InChI=1S/C34H45N3O4S/c1-7-28(5)35-34(39)32(23-29-15-9-8-10-16-29)36(24-30-17-12-11-14-27(30)4)33(38)18-13-19-37(42(6,40)41)31-21-25(2)20-26(3)22-31/h8-12,14-17,20-22,28,32H,7,13,18-19,23-24H2,1-6H3,(H,35,39)/t28-,32+/m0/s1. The van der Waals surface area contributed by atoms with Crippen molar-refractivity contribution in [1.82, 2.24) is 10.2 Å². The van der Waals surface area contributed by atoms with Gasteiger partial charge in [-0.05, 0) is 80.5 Å². The second-order valence-electron chi connectivity index (χ2n) is 11.3. The maximum absolute atomic E-state index is 14.0. The predicted molar refractivity (Wildman–Crippen MR) is 171 cm³/mol. The summed E-state index contributed by atoms with van der Waals surface area (Å²) in [5.74, 6) is -0.379. The Kier molecular flexibility index (Phi) is 11.7. The highest BCUT2D eigenvalue weighted by Crippen LogP contribution is 2.23. The van der Waals surface area contributed by atoms with E-state index in [0.717, 1.165) is 34.2 Å². The molecule has 0 bridgehead atoms. The number of hydrogen-bond donors (Lipinski definition) is 1. The first-order chi connectivity index (χ1) is 19.9. The molecule has 0 aliphatic rings. The van der Waals surface area contributed by atoms with Crippen LogP contribution in [-0.4, -0.2) is 50.0 Å². The van der Waals surface area contributed by atoms with Gasteiger partial charge < -0.3 is 10.2 Å². The smallest absolute Gasteiger partial charge is 0.243 e. The number of aryl methyl sites for hydroxylation is 3. The van der Waals surface area contributed by atoms with Crippen molar-refractivity contribution in [2.24, 2.45) is 0 Å². The van der Waals surface area contributed by atoms with Crippen LogP contribution in [0.15, 0.2) is 72.8 Å². The van der Waals surface area contributed by atoms with E-state index in [2.05, 4.69) is 5.32 Å². The Labute approximate surface area is 252 Å². The van der Waals surface area contributed by atoms with Crippen LogP contribution in [0.25, 0.3) is 0 Å². The molecule has 0 aliphatic carbocycles. The number of carbonyl (C=O) groups excluding carboxylic acids is 2. The molecule has 3 aromatic rings. The number of nitrogens with zero attached hydrogens (tertiary/aromatic N) is 2. The molecule has 1 N–H and O–H groups in total. The van der Waals surface area contributed by atoms with Crippen LogP contribution in [0.3, 0.4) is 0 Å². The molecule has 2 amide bonds. The summed E-state index contributed by atoms with van der Waals surface area (Å²) in [4.78, 5) is 29.4. The SMILES string of the molecule is CC[C@H](C)NC(=O)[C@@H](Cc1ccccc1)N(Cc1ccccc1C)C(=O)CCCN(c1cc(C)cc(C)c1)S(C)(=O)=O. The van der Waals surface area contributed by atoms with Crippen molar-refractivity contribution in [3.05, 3.63) is 101 Å². The monoisotopic (exact) mass is 591 g/mol. The molecule has 226 valence electrons. The molecule has 3 rings (SSSR count). The van der Waals surface area contributed by atoms with E-state index in [9.17, 15) is 18.0 Å². The summed E-state index contributed by atoms with van der Waals surface area (Å²) in [5, 5.41) is 3.09. The average Bonchev–Trinajstić information content (AvgIpc) is 2.93. The summed E-state index contributed by atoms with van der Waals surface area (Å²) in [6, 6.07) is 22.5. The zero-order valence-electron chi connectivity index (χ0n) is 25.8. The number of sulfonamides is 1. The Morgan fingerprint density at radius 1 is 0.905 bits per heavy atom. The van der Waals surface area contributed by atoms with Crippen LogP contribution >= 0.6 is 0 Å². The molecule has 0 spiro atoms. The van der Waals surface area contributed by atoms with Gasteiger partial charge in [-0.1, -0.05) is 67.6 Å². The van der Waals surface area contributed by atoms with E-state index in [-0.39, 0.29) is 37.4 Å². The molecule has 8 heteroatoms. The van der Waals surface area contributed by atoms with Gasteiger partial charge in [0.2, 0.25) is 21.8 Å². The Morgan fingerprint density at radius 3 is 2.12 bits per heavy atom. The highest BCUT2D eigenvalue weighted by atomic mass is 32.2. The highest BCUT2D eigenvalue weighted by molar-refractivity contribution is 7.92. The first-order valence-corrected chi connectivity index (χ1v) is 16.5. The van der Waals surface area contributed by atoms with E-state index >= 15 is 0 Å². The van der Waals surface area contributed by atoms with E-state index in [4.69, 9.17) is 0 Å². The number of carbonyl (C=O) groups is 2. The molecule has 0 unspecified atom stereocenters. The fourth-order valence-electron chi connectivity index (χ4n) is 5.06. The number of anilines is 1. The summed E-state index contributed by atoms with van der Waals surface area (Å²) >= 11 is 0. The Balaban J connectivity index is 1.91. The van der Waals surface area contributed by atoms with Crippen molar-refractivity contribution in [2.75, 3.05) is 17.1 Å². The van der Waals surface area contributed by atoms with E-state index in [1.54, 1.807) is 4.90 Å². The second-order valence-corrected chi connectivity index (χ2v) is 13.2. The van der Waals surface area contributed by atoms with Crippen LogP contribution < -0.4 is 9.62 Å². The molecule has 0 heterocycles. The fraction of sp³-hybridized carbons (Fsp3) is 0.412. The summed E-state index contributed by atoms with van der Waals surface area (Å²) in [5.41, 5.74) is 5.49. The summed E-state index contributed by atoms with van der Waals surface area (Å²) < 4.78 is 26.9. The van der Waals surface area contributed by atoms with Crippen LogP contribution in [0.1, 0.15) is 60.9 Å². The summed E-state index contributed by atoms with van der Waals surface area (Å²) in [6.07, 6.45) is 2.75. The minimum atomic E-state index is -3.57. The first-order valence-electron chi connectivity index (χ1n) is 14.6. The maximum Gasteiger partial charge on any atom is 0.243 e. The molecule has 42 heavy (non-hydrogen) atoms. The van der Waals surface area contributed by atoms with Crippen LogP contribution in [0.4, 0.5) is 5.69 Å². The zero-order valence-corrected chi connectivity index (χ0v) is 26.6. The Morgan fingerprint density at radius 2 is 1.52 bits per heavy atom. The lowest BCUT2D eigenvalue weighted by Crippen LogP contribution is -2.52. The Hall–Kier alpha value is -3.65. The molecule has 0 fully saturated rings. The minimum Gasteiger partial charge on any atom is -0.352 e. The van der Waals surface area contributed by atoms with Crippen LogP contribution in [0, 0.1) is 20.8 Å². The predicted octanol–water partition coefficient (Wildman–Crippen LogP) is 5.71. The first kappa shape index (κ1) is 32.9. The van der Waals surface area contributed by atoms with E-state index in [0.29, 0.717) is 18.5 Å². The summed E-state index contributed by atoms with van der Waals surface area (Å²) in [7, 11) is -3.57. The third-order valence-corrected chi connectivity index (χ3v) is 8.71. The number of benzene rings is 3. The molecule has 7 nitrogen and oxygen atoms in total. The van der Waals surface area contributed by atoms with Gasteiger partial charge in [0.25, 0.3) is 0 Å². The summed E-state index contributed by atoms with van der Waals surface area (Å²) in [6.45, 7) is 10.3. The average molecular weight is 592 g/mol. The molecule has 2 atom stereocenters. The van der Waals surface area contributed by atoms with Gasteiger partial charge in [0.1, 0.15) is 6.04 Å². The van der Waals surface area contributed by atoms with Crippen molar-refractivity contribution in [3.8, 4) is 0 Å². The fourth-order valence-corrected chi connectivity index (χ4v) is 6.01. The molecule has 3 aromatic carbocycles. The molecule has 0 saturated heterocycles. The normalized spacial score (nSPS) is 12.8. The van der Waals surface area contributed by atoms with E-state index < -0.39 is 16.1 Å². The van der Waals surface area contributed by atoms with Gasteiger partial charge in [-0.2, -0.15) is 0 Å². The number of rotatable bonds is 14. The molecule has 0 radical (unpaired) electrons. The van der Waals surface area contributed by atoms with Gasteiger partial charge in [0, 0.05) is 32.0 Å². The molecule has 0 aromatic heterocycles. The molecular formula is C34H45N3O4S. The highest BCUT2D eigenvalue weighted by Gasteiger charge is 2.31. The molecule has 0 saturated carbocycles. The van der Waals surface area contributed by atoms with Gasteiger partial charge in [0.15, 0.2) is 0 Å². The maximum atomic E-state index is 14.0. The van der Waals surface area contributed by atoms with Crippen molar-refractivity contribution in [3.63, 3.8) is 0 Å². The van der Waals surface area contributed by atoms with Crippen LogP contribution in [-0.2, 0) is 32.6 Å². The van der Waals surface area contributed by atoms with Gasteiger partial charge in [-0.3, -0.25) is 13.9 Å². The number of amides is 2. The third-order valence-electron chi connectivity index (χ3n) is 7.52. The lowest BCUT2D eigenvalue weighted by molar-refractivity contribution is -0.141. The van der Waals surface area contributed by atoms with Crippen molar-refractivity contribution >= 4 is 27.5 Å². The largest absolute Gasteiger partial charge is 0.352 e. The van der Waals surface area contributed by atoms with Crippen LogP contribution in [0.2, 0.25) is 0 Å². The molecule has 0 aliphatic heterocycles. The van der Waals surface area contributed by atoms with E-state index in [1.165, 1.54) is 10.6 Å². The second kappa shape index (κ2) is 15.0. The van der Waals surface area contributed by atoms with Gasteiger partial charge in [0.05, 0.1) is 11.9 Å². The minimum absolute atomic E-state index is 0.0349. The third kappa shape index (κ3) is 9.44. The lowest BCUT2D eigenvalue weighted by atomic mass is 10.0. The van der Waals surface area contributed by atoms with E-state index in [1.807, 2.05) is 107 Å². The zero-order chi connectivity index (χ0) is 30.9. The number of nitrogens with one attached hydrogen (secondary N) is 1. The lowest BCUT2D eigenvalue weighted by Gasteiger charge is -2.33. The number of hydrogen-bond acceptors (Lipinski definition) is 4. The van der Waals surface area contributed by atoms with Gasteiger partial charge in [-0.25, -0.2) is 8.42 Å².